The maximum absolute atomic E-state index is 11.4. The normalized spacial score (nSPS) is 11.9. The average Bonchev–Trinajstić information content (AvgIpc) is 2.45. The van der Waals surface area contributed by atoms with E-state index in [-0.39, 0.29) is 17.1 Å². The minimum atomic E-state index is -0.745. The number of nitrogens with one attached hydrogen (secondary N) is 1. The van der Waals surface area contributed by atoms with Gasteiger partial charge in [0.05, 0.1) is 16.7 Å². The van der Waals surface area contributed by atoms with Crippen LogP contribution in [0.2, 0.25) is 5.02 Å². The Balaban J connectivity index is 2.11. The fraction of sp³-hybridized carbons (Fsp3) is 0.133. The van der Waals surface area contributed by atoms with Gasteiger partial charge in [0.25, 0.3) is 5.91 Å². The van der Waals surface area contributed by atoms with Crippen molar-refractivity contribution in [2.75, 3.05) is 17.6 Å². The summed E-state index contributed by atoms with van der Waals surface area (Å²) in [6.07, 6.45) is -0.745. The number of anilines is 2. The first-order valence-corrected chi connectivity index (χ1v) is 6.72. The molecule has 0 aliphatic heterocycles. The molecule has 0 spiro atoms. The molecule has 21 heavy (non-hydrogen) atoms. The molecule has 1 atom stereocenters. The van der Waals surface area contributed by atoms with Crippen molar-refractivity contribution in [3.05, 3.63) is 58.6 Å². The number of benzene rings is 2. The number of amides is 1. The molecule has 1 unspecified atom stereocenters. The van der Waals surface area contributed by atoms with Gasteiger partial charge in [-0.15, -0.1) is 0 Å². The second-order valence-corrected chi connectivity index (χ2v) is 5.00. The van der Waals surface area contributed by atoms with Gasteiger partial charge in [-0.25, -0.2) is 0 Å². The van der Waals surface area contributed by atoms with Gasteiger partial charge in [-0.2, -0.15) is 0 Å². The van der Waals surface area contributed by atoms with Crippen LogP contribution in [0.1, 0.15) is 22.0 Å². The van der Waals surface area contributed by atoms with Gasteiger partial charge < -0.3 is 21.9 Å². The summed E-state index contributed by atoms with van der Waals surface area (Å²) in [6, 6.07) is 11.9. The number of rotatable bonds is 5. The van der Waals surface area contributed by atoms with Crippen LogP contribution in [0.3, 0.4) is 0 Å². The smallest absolute Gasteiger partial charge is 0.252 e. The third kappa shape index (κ3) is 3.65. The highest BCUT2D eigenvalue weighted by Crippen LogP contribution is 2.24. The number of nitrogens with two attached hydrogens (primary N) is 2. The lowest BCUT2D eigenvalue weighted by molar-refractivity contribution is 0.100. The number of nitrogen functional groups attached to an aromatic ring is 1. The molecular weight excluding hydrogens is 290 g/mol. The standard InChI is InChI=1S/C15H16ClN3O2/c16-11-2-1-3-12(14(11)15(18)21)19-8-13(20)9-4-6-10(17)7-5-9/h1-7,13,19-20H,8,17H2,(H2,18,21). The number of halogens is 1. The van der Waals surface area contributed by atoms with Crippen molar-refractivity contribution in [2.24, 2.45) is 5.73 Å². The van der Waals surface area contributed by atoms with Crippen LogP contribution in [0.25, 0.3) is 0 Å². The molecule has 0 saturated carbocycles. The van der Waals surface area contributed by atoms with E-state index in [2.05, 4.69) is 5.32 Å². The van der Waals surface area contributed by atoms with E-state index in [4.69, 9.17) is 23.1 Å². The Bertz CT molecular complexity index is 644. The van der Waals surface area contributed by atoms with E-state index < -0.39 is 12.0 Å². The molecule has 0 aromatic heterocycles. The van der Waals surface area contributed by atoms with Crippen molar-refractivity contribution < 1.29 is 9.90 Å². The Hall–Kier alpha value is -2.24. The molecule has 0 aliphatic rings. The van der Waals surface area contributed by atoms with Crippen LogP contribution in [-0.2, 0) is 0 Å². The Morgan fingerprint density at radius 2 is 1.90 bits per heavy atom. The Morgan fingerprint density at radius 3 is 2.52 bits per heavy atom. The average molecular weight is 306 g/mol. The zero-order valence-electron chi connectivity index (χ0n) is 11.2. The molecule has 1 amide bonds. The number of hydrogen-bond donors (Lipinski definition) is 4. The van der Waals surface area contributed by atoms with Crippen molar-refractivity contribution in [2.45, 2.75) is 6.10 Å². The third-order valence-corrected chi connectivity index (χ3v) is 3.38. The molecule has 2 aromatic rings. The Kier molecular flexibility index (Phi) is 4.67. The molecule has 0 aliphatic carbocycles. The molecule has 110 valence electrons. The first kappa shape index (κ1) is 15.2. The molecule has 2 aromatic carbocycles. The number of carbonyl (C=O) groups is 1. The zero-order valence-corrected chi connectivity index (χ0v) is 12.0. The van der Waals surface area contributed by atoms with Gasteiger partial charge in [-0.05, 0) is 29.8 Å². The summed E-state index contributed by atoms with van der Waals surface area (Å²) in [5.41, 5.74) is 13.0. The number of hydrogen-bond acceptors (Lipinski definition) is 4. The SMILES string of the molecule is NC(=O)c1c(Cl)cccc1NCC(O)c1ccc(N)cc1. The molecule has 6 heteroatoms. The molecule has 6 N–H and O–H groups in total. The number of primary amides is 1. The van der Waals surface area contributed by atoms with E-state index in [1.165, 1.54) is 0 Å². The van der Waals surface area contributed by atoms with E-state index in [1.807, 2.05) is 0 Å². The fourth-order valence-corrected chi connectivity index (χ4v) is 2.23. The van der Waals surface area contributed by atoms with E-state index in [0.717, 1.165) is 5.56 Å². The second kappa shape index (κ2) is 6.47. The summed E-state index contributed by atoms with van der Waals surface area (Å²) in [5, 5.41) is 13.4. The summed E-state index contributed by atoms with van der Waals surface area (Å²) in [7, 11) is 0. The number of aliphatic hydroxyl groups excluding tert-OH is 1. The second-order valence-electron chi connectivity index (χ2n) is 4.59. The van der Waals surface area contributed by atoms with E-state index in [0.29, 0.717) is 11.4 Å². The highest BCUT2D eigenvalue weighted by molar-refractivity contribution is 6.34. The summed E-state index contributed by atoms with van der Waals surface area (Å²) < 4.78 is 0. The van der Waals surface area contributed by atoms with Gasteiger partial charge in [-0.3, -0.25) is 4.79 Å². The molecule has 0 heterocycles. The largest absolute Gasteiger partial charge is 0.399 e. The predicted octanol–water partition coefficient (Wildman–Crippen LogP) is 2.17. The summed E-state index contributed by atoms with van der Waals surface area (Å²) >= 11 is 5.96. The highest BCUT2D eigenvalue weighted by atomic mass is 35.5. The van der Waals surface area contributed by atoms with Crippen LogP contribution < -0.4 is 16.8 Å². The van der Waals surface area contributed by atoms with Gasteiger partial charge in [0.1, 0.15) is 0 Å². The third-order valence-electron chi connectivity index (χ3n) is 3.07. The van der Waals surface area contributed by atoms with E-state index >= 15 is 0 Å². The van der Waals surface area contributed by atoms with Crippen molar-refractivity contribution in [3.8, 4) is 0 Å². The lowest BCUT2D eigenvalue weighted by Gasteiger charge is -2.15. The minimum Gasteiger partial charge on any atom is -0.399 e. The fourth-order valence-electron chi connectivity index (χ4n) is 1.96. The van der Waals surface area contributed by atoms with Crippen molar-refractivity contribution in [1.82, 2.24) is 0 Å². The topological polar surface area (TPSA) is 101 Å². The predicted molar refractivity (Wildman–Crippen MR) is 84.3 cm³/mol. The van der Waals surface area contributed by atoms with E-state index in [1.54, 1.807) is 42.5 Å². The van der Waals surface area contributed by atoms with Crippen LogP contribution in [-0.4, -0.2) is 17.6 Å². The van der Waals surface area contributed by atoms with Crippen LogP contribution >= 0.6 is 11.6 Å². The van der Waals surface area contributed by atoms with Crippen molar-refractivity contribution in [3.63, 3.8) is 0 Å². The van der Waals surface area contributed by atoms with Gasteiger partial charge in [-0.1, -0.05) is 29.8 Å². The van der Waals surface area contributed by atoms with Gasteiger partial charge in [0.2, 0.25) is 0 Å². The lowest BCUT2D eigenvalue weighted by atomic mass is 10.1. The monoisotopic (exact) mass is 305 g/mol. The molecule has 5 nitrogen and oxygen atoms in total. The van der Waals surface area contributed by atoms with Gasteiger partial charge >= 0.3 is 0 Å². The first-order valence-electron chi connectivity index (χ1n) is 6.34. The van der Waals surface area contributed by atoms with Gasteiger partial charge in [0, 0.05) is 17.9 Å². The molecule has 2 rings (SSSR count). The summed E-state index contributed by atoms with van der Waals surface area (Å²) in [4.78, 5) is 11.4. The molecule has 0 fully saturated rings. The molecule has 0 radical (unpaired) electrons. The maximum atomic E-state index is 11.4. The summed E-state index contributed by atoms with van der Waals surface area (Å²) in [5.74, 6) is -0.620. The lowest BCUT2D eigenvalue weighted by Crippen LogP contribution is -2.18. The highest BCUT2D eigenvalue weighted by Gasteiger charge is 2.14. The Labute approximate surface area is 127 Å². The van der Waals surface area contributed by atoms with Crippen LogP contribution in [0.15, 0.2) is 42.5 Å². The number of aliphatic hydroxyl groups is 1. The first-order chi connectivity index (χ1) is 9.99. The molecular formula is C15H16ClN3O2. The van der Waals surface area contributed by atoms with Gasteiger partial charge in [0.15, 0.2) is 0 Å². The van der Waals surface area contributed by atoms with Crippen LogP contribution in [0.4, 0.5) is 11.4 Å². The Morgan fingerprint density at radius 1 is 1.24 bits per heavy atom. The van der Waals surface area contributed by atoms with Crippen molar-refractivity contribution >= 4 is 28.9 Å². The molecule has 0 saturated heterocycles. The quantitative estimate of drug-likeness (QED) is 0.636. The minimum absolute atomic E-state index is 0.212. The number of carbonyl (C=O) groups excluding carboxylic acids is 1. The van der Waals surface area contributed by atoms with Crippen LogP contribution in [0, 0.1) is 0 Å². The molecule has 0 bridgehead atoms. The van der Waals surface area contributed by atoms with E-state index in [9.17, 15) is 9.90 Å². The summed E-state index contributed by atoms with van der Waals surface area (Å²) in [6.45, 7) is 0.213. The van der Waals surface area contributed by atoms with Crippen molar-refractivity contribution in [1.29, 1.82) is 0 Å². The maximum Gasteiger partial charge on any atom is 0.252 e. The zero-order chi connectivity index (χ0) is 15.4. The van der Waals surface area contributed by atoms with Crippen LogP contribution in [0.5, 0.6) is 0 Å².